The zero-order valence-electron chi connectivity index (χ0n) is 4.47. The number of nitriles is 1. The number of carbonyl (C=O) groups excluding carboxylic acids is 1. The van der Waals surface area contributed by atoms with Gasteiger partial charge in [-0.2, -0.15) is 5.26 Å². The molecule has 1 N–H and O–H groups in total. The van der Waals surface area contributed by atoms with Crippen LogP contribution >= 0.6 is 11.9 Å². The Labute approximate surface area is 52.2 Å². The molecule has 0 rings (SSSR count). The minimum absolute atomic E-state index is 0.120. The summed E-state index contributed by atoms with van der Waals surface area (Å²) < 4.78 is 2.40. The Balaban J connectivity index is 2.97. The molecule has 0 aromatic heterocycles. The monoisotopic (exact) mass is 130 g/mol. The van der Waals surface area contributed by atoms with Crippen LogP contribution < -0.4 is 4.72 Å². The van der Waals surface area contributed by atoms with E-state index in [0.717, 1.165) is 11.9 Å². The minimum atomic E-state index is -0.120. The van der Waals surface area contributed by atoms with Crippen LogP contribution in [0.25, 0.3) is 0 Å². The summed E-state index contributed by atoms with van der Waals surface area (Å²) in [7, 11) is 0. The Morgan fingerprint density at radius 2 is 2.62 bits per heavy atom. The predicted octanol–water partition coefficient (Wildman–Crippen LogP) is 0.294. The van der Waals surface area contributed by atoms with Crippen molar-refractivity contribution in [2.24, 2.45) is 0 Å². The molecule has 0 aromatic carbocycles. The Morgan fingerprint density at radius 1 is 2.00 bits per heavy atom. The maximum atomic E-state index is 10.1. The van der Waals surface area contributed by atoms with Gasteiger partial charge in [-0.1, -0.05) is 0 Å². The number of hydrogen-bond acceptors (Lipinski definition) is 3. The second kappa shape index (κ2) is 4.47. The van der Waals surface area contributed by atoms with Crippen LogP contribution in [0.1, 0.15) is 6.92 Å². The molecule has 0 saturated heterocycles. The van der Waals surface area contributed by atoms with Gasteiger partial charge >= 0.3 is 0 Å². The summed E-state index contributed by atoms with van der Waals surface area (Å²) >= 11 is 1.10. The SMILES string of the molecule is CC(=O)NSCC#N. The van der Waals surface area contributed by atoms with Crippen LogP contribution in [0.2, 0.25) is 0 Å². The fourth-order valence-corrected chi connectivity index (χ4v) is 0.510. The van der Waals surface area contributed by atoms with Gasteiger partial charge in [0, 0.05) is 6.92 Å². The first-order valence-electron chi connectivity index (χ1n) is 2.02. The van der Waals surface area contributed by atoms with E-state index in [-0.39, 0.29) is 5.91 Å². The number of carbonyl (C=O) groups is 1. The average molecular weight is 130 g/mol. The quantitative estimate of drug-likeness (QED) is 0.432. The van der Waals surface area contributed by atoms with Crippen molar-refractivity contribution in [2.75, 3.05) is 5.75 Å². The minimum Gasteiger partial charge on any atom is -0.300 e. The molecule has 0 radical (unpaired) electrons. The smallest absolute Gasteiger partial charge is 0.226 e. The summed E-state index contributed by atoms with van der Waals surface area (Å²) in [5.74, 6) is 0.185. The van der Waals surface area contributed by atoms with Crippen LogP contribution in [0.15, 0.2) is 0 Å². The predicted molar refractivity (Wildman–Crippen MR) is 31.9 cm³/mol. The highest BCUT2D eigenvalue weighted by molar-refractivity contribution is 7.98. The van der Waals surface area contributed by atoms with Gasteiger partial charge in [0.25, 0.3) is 0 Å². The van der Waals surface area contributed by atoms with E-state index in [1.54, 1.807) is 0 Å². The molecule has 0 atom stereocenters. The molecule has 0 unspecified atom stereocenters. The first-order valence-corrected chi connectivity index (χ1v) is 3.01. The zero-order chi connectivity index (χ0) is 6.41. The van der Waals surface area contributed by atoms with Gasteiger partial charge < -0.3 is 0 Å². The average Bonchev–Trinajstić information content (AvgIpc) is 1.66. The summed E-state index contributed by atoms with van der Waals surface area (Å²) in [5, 5.41) is 7.96. The number of rotatable bonds is 2. The van der Waals surface area contributed by atoms with E-state index in [0.29, 0.717) is 5.75 Å². The third-order valence-corrected chi connectivity index (χ3v) is 1.06. The van der Waals surface area contributed by atoms with Gasteiger partial charge in [-0.3, -0.25) is 9.52 Å². The highest BCUT2D eigenvalue weighted by Gasteiger charge is 1.86. The standard InChI is InChI=1S/C4H6N2OS/c1-4(7)6-8-3-2-5/h3H2,1H3,(H,6,7). The third kappa shape index (κ3) is 5.31. The van der Waals surface area contributed by atoms with E-state index in [2.05, 4.69) is 4.72 Å². The molecule has 0 aliphatic rings. The van der Waals surface area contributed by atoms with Gasteiger partial charge in [0.15, 0.2) is 0 Å². The summed E-state index contributed by atoms with van der Waals surface area (Å²) in [6.07, 6.45) is 0. The molecule has 0 bridgehead atoms. The third-order valence-electron chi connectivity index (χ3n) is 0.353. The zero-order valence-corrected chi connectivity index (χ0v) is 5.29. The fourth-order valence-electron chi connectivity index (χ4n) is 0.170. The van der Waals surface area contributed by atoms with Crippen LogP contribution in [0.3, 0.4) is 0 Å². The molecule has 44 valence electrons. The van der Waals surface area contributed by atoms with Crippen molar-refractivity contribution in [3.8, 4) is 6.07 Å². The molecular weight excluding hydrogens is 124 g/mol. The molecule has 0 heterocycles. The largest absolute Gasteiger partial charge is 0.300 e. The first kappa shape index (κ1) is 7.31. The van der Waals surface area contributed by atoms with Gasteiger partial charge in [0.2, 0.25) is 5.91 Å². The van der Waals surface area contributed by atoms with Crippen LogP contribution in [0.5, 0.6) is 0 Å². The topological polar surface area (TPSA) is 52.9 Å². The van der Waals surface area contributed by atoms with Gasteiger partial charge in [-0.15, -0.1) is 0 Å². The molecule has 0 aliphatic heterocycles. The summed E-state index contributed by atoms with van der Waals surface area (Å²) in [5.41, 5.74) is 0. The van der Waals surface area contributed by atoms with Gasteiger partial charge in [-0.05, 0) is 11.9 Å². The van der Waals surface area contributed by atoms with Crippen LogP contribution in [0.4, 0.5) is 0 Å². The normalized spacial score (nSPS) is 7.50. The maximum absolute atomic E-state index is 10.1. The number of nitrogens with zero attached hydrogens (tertiary/aromatic N) is 1. The van der Waals surface area contributed by atoms with Crippen molar-refractivity contribution in [3.05, 3.63) is 0 Å². The van der Waals surface area contributed by atoms with Crippen molar-refractivity contribution >= 4 is 17.9 Å². The lowest BCUT2D eigenvalue weighted by molar-refractivity contribution is -0.117. The van der Waals surface area contributed by atoms with Crippen molar-refractivity contribution < 1.29 is 4.79 Å². The second-order valence-corrected chi connectivity index (χ2v) is 1.89. The van der Waals surface area contributed by atoms with Crippen LogP contribution in [-0.4, -0.2) is 11.7 Å². The van der Waals surface area contributed by atoms with Crippen molar-refractivity contribution in [1.29, 1.82) is 5.26 Å². The molecule has 1 amide bonds. The Morgan fingerprint density at radius 3 is 3.00 bits per heavy atom. The summed E-state index contributed by atoms with van der Waals surface area (Å²) in [4.78, 5) is 10.1. The molecule has 0 fully saturated rings. The van der Waals surface area contributed by atoms with Gasteiger partial charge in [-0.25, -0.2) is 0 Å². The van der Waals surface area contributed by atoms with Crippen molar-refractivity contribution in [1.82, 2.24) is 4.72 Å². The summed E-state index contributed by atoms with van der Waals surface area (Å²) in [6.45, 7) is 1.41. The molecule has 3 nitrogen and oxygen atoms in total. The Hall–Kier alpha value is -0.690. The molecule has 8 heavy (non-hydrogen) atoms. The second-order valence-electron chi connectivity index (χ2n) is 1.11. The van der Waals surface area contributed by atoms with Crippen molar-refractivity contribution in [2.45, 2.75) is 6.92 Å². The molecule has 0 spiro atoms. The number of nitrogens with one attached hydrogen (secondary N) is 1. The Kier molecular flexibility index (Phi) is 4.08. The molecule has 0 aromatic rings. The van der Waals surface area contributed by atoms with E-state index in [1.165, 1.54) is 6.92 Å². The molecule has 0 aliphatic carbocycles. The van der Waals surface area contributed by atoms with E-state index in [4.69, 9.17) is 5.26 Å². The molecule has 0 saturated carbocycles. The van der Waals surface area contributed by atoms with Crippen molar-refractivity contribution in [3.63, 3.8) is 0 Å². The Bertz CT molecular complexity index is 118. The first-order chi connectivity index (χ1) is 3.77. The lowest BCUT2D eigenvalue weighted by atomic mass is 10.8. The summed E-state index contributed by atoms with van der Waals surface area (Å²) in [6, 6.07) is 1.87. The maximum Gasteiger partial charge on any atom is 0.226 e. The van der Waals surface area contributed by atoms with E-state index in [1.807, 2.05) is 6.07 Å². The number of hydrogen-bond donors (Lipinski definition) is 1. The fraction of sp³-hybridized carbons (Fsp3) is 0.500. The highest BCUT2D eigenvalue weighted by atomic mass is 32.2. The van der Waals surface area contributed by atoms with Gasteiger partial charge in [0.05, 0.1) is 6.07 Å². The molecule has 4 heteroatoms. The molecular formula is C4H6N2OS. The van der Waals surface area contributed by atoms with E-state index in [9.17, 15) is 4.79 Å². The van der Waals surface area contributed by atoms with Gasteiger partial charge in [0.1, 0.15) is 5.75 Å². The van der Waals surface area contributed by atoms with Crippen LogP contribution in [-0.2, 0) is 4.79 Å². The van der Waals surface area contributed by atoms with E-state index < -0.39 is 0 Å². The highest BCUT2D eigenvalue weighted by Crippen LogP contribution is 1.87. The lowest BCUT2D eigenvalue weighted by Gasteiger charge is -1.91. The number of amides is 1. The lowest BCUT2D eigenvalue weighted by Crippen LogP contribution is -2.10. The van der Waals surface area contributed by atoms with Crippen LogP contribution in [0, 0.1) is 11.3 Å². The van der Waals surface area contributed by atoms with E-state index >= 15 is 0 Å².